The molecule has 2 N–H and O–H groups in total. The molecule has 3 nitrogen and oxygen atoms in total. The average molecular weight is 353 g/mol. The molecule has 0 atom stereocenters. The van der Waals surface area contributed by atoms with Gasteiger partial charge in [-0.2, -0.15) is 0 Å². The third kappa shape index (κ3) is 7.23. The molecule has 0 radical (unpaired) electrons. The van der Waals surface area contributed by atoms with Crippen LogP contribution in [0.4, 0.5) is 0 Å². The highest BCUT2D eigenvalue weighted by atomic mass is 35.5. The number of benzene rings is 1. The highest BCUT2D eigenvalue weighted by molar-refractivity contribution is 5.85. The van der Waals surface area contributed by atoms with Crippen LogP contribution in [0.25, 0.3) is 11.1 Å². The Kier molecular flexibility index (Phi) is 10.8. The van der Waals surface area contributed by atoms with Crippen LogP contribution in [0.3, 0.4) is 0 Å². The van der Waals surface area contributed by atoms with E-state index in [2.05, 4.69) is 30.1 Å². The molecule has 0 unspecified atom stereocenters. The Morgan fingerprint density at radius 1 is 0.917 bits per heavy atom. The van der Waals surface area contributed by atoms with Crippen molar-refractivity contribution in [3.05, 3.63) is 29.7 Å². The number of hydrogen-bond acceptors (Lipinski definition) is 3. The van der Waals surface area contributed by atoms with Crippen LogP contribution < -0.4 is 5.73 Å². The van der Waals surface area contributed by atoms with Crippen LogP contribution in [0.5, 0.6) is 0 Å². The molecule has 4 heteroatoms. The summed E-state index contributed by atoms with van der Waals surface area (Å²) in [5, 5.41) is 0. The maximum atomic E-state index is 5.83. The van der Waals surface area contributed by atoms with Gasteiger partial charge in [0, 0.05) is 6.42 Å². The monoisotopic (exact) mass is 352 g/mol. The maximum absolute atomic E-state index is 5.83. The van der Waals surface area contributed by atoms with Gasteiger partial charge >= 0.3 is 0 Å². The number of aromatic nitrogens is 1. The molecule has 0 aliphatic carbocycles. The number of unbranched alkanes of at least 4 members (excludes halogenated alkanes) is 7. The van der Waals surface area contributed by atoms with Crippen LogP contribution in [-0.2, 0) is 12.8 Å². The minimum atomic E-state index is 0. The first-order chi connectivity index (χ1) is 11.3. The first-order valence-electron chi connectivity index (χ1n) is 9.42. The van der Waals surface area contributed by atoms with Crippen LogP contribution in [0.1, 0.15) is 76.2 Å². The molecule has 24 heavy (non-hydrogen) atoms. The van der Waals surface area contributed by atoms with E-state index in [9.17, 15) is 0 Å². The molecule has 0 bridgehead atoms. The summed E-state index contributed by atoms with van der Waals surface area (Å²) in [6, 6.07) is 6.44. The summed E-state index contributed by atoms with van der Waals surface area (Å²) >= 11 is 0. The lowest BCUT2D eigenvalue weighted by Gasteiger charge is -2.02. The van der Waals surface area contributed by atoms with E-state index in [0.29, 0.717) is 6.54 Å². The number of nitrogens with two attached hydrogens (primary N) is 1. The van der Waals surface area contributed by atoms with Gasteiger partial charge in [0.25, 0.3) is 0 Å². The van der Waals surface area contributed by atoms with E-state index in [1.54, 1.807) is 0 Å². The number of aryl methyl sites for hydroxylation is 2. The molecule has 1 aromatic heterocycles. The fraction of sp³-hybridized carbons (Fsp3) is 0.650. The summed E-state index contributed by atoms with van der Waals surface area (Å²) < 4.78 is 5.83. The molecule has 2 aromatic rings. The lowest BCUT2D eigenvalue weighted by atomic mass is 10.0. The van der Waals surface area contributed by atoms with E-state index in [0.717, 1.165) is 36.3 Å². The van der Waals surface area contributed by atoms with Gasteiger partial charge in [-0.05, 0) is 43.5 Å². The van der Waals surface area contributed by atoms with E-state index in [1.807, 2.05) is 0 Å². The normalized spacial score (nSPS) is 10.9. The zero-order chi connectivity index (χ0) is 16.3. The van der Waals surface area contributed by atoms with Crippen molar-refractivity contribution >= 4 is 23.5 Å². The fourth-order valence-electron chi connectivity index (χ4n) is 3.00. The predicted molar refractivity (Wildman–Crippen MR) is 105 cm³/mol. The summed E-state index contributed by atoms with van der Waals surface area (Å²) in [4.78, 5) is 4.51. The Morgan fingerprint density at radius 2 is 1.62 bits per heavy atom. The largest absolute Gasteiger partial charge is 0.441 e. The van der Waals surface area contributed by atoms with Crippen LogP contribution in [-0.4, -0.2) is 11.5 Å². The molecular weight excluding hydrogens is 320 g/mol. The first kappa shape index (κ1) is 21.0. The first-order valence-corrected chi connectivity index (χ1v) is 9.42. The predicted octanol–water partition coefficient (Wildman–Crippen LogP) is 5.82. The highest BCUT2D eigenvalue weighted by Crippen LogP contribution is 2.20. The van der Waals surface area contributed by atoms with E-state index in [1.165, 1.54) is 56.9 Å². The second-order valence-corrected chi connectivity index (χ2v) is 6.53. The number of hydrogen-bond donors (Lipinski definition) is 1. The number of nitrogens with zero attached hydrogens (tertiary/aromatic N) is 1. The maximum Gasteiger partial charge on any atom is 0.195 e. The Morgan fingerprint density at radius 3 is 2.33 bits per heavy atom. The standard InChI is InChI=1S/C20H32N2O.ClH/c1-2-3-4-5-6-7-8-9-11-17-13-14-18-19(16-17)23-20(22-18)12-10-15-21;/h13-14,16H,2-12,15,21H2,1H3;1H. The zero-order valence-electron chi connectivity index (χ0n) is 15.1. The van der Waals surface area contributed by atoms with Gasteiger partial charge in [-0.3, -0.25) is 0 Å². The van der Waals surface area contributed by atoms with Crippen LogP contribution in [0, 0.1) is 0 Å². The average Bonchev–Trinajstić information content (AvgIpc) is 2.97. The second-order valence-electron chi connectivity index (χ2n) is 6.53. The van der Waals surface area contributed by atoms with E-state index in [4.69, 9.17) is 10.2 Å². The van der Waals surface area contributed by atoms with Crippen molar-refractivity contribution in [2.45, 2.75) is 77.6 Å². The molecule has 1 heterocycles. The van der Waals surface area contributed by atoms with Crippen molar-refractivity contribution in [3.8, 4) is 0 Å². The summed E-state index contributed by atoms with van der Waals surface area (Å²) in [6.07, 6.45) is 13.8. The van der Waals surface area contributed by atoms with Gasteiger partial charge in [-0.1, -0.05) is 57.9 Å². The van der Waals surface area contributed by atoms with Crippen LogP contribution in [0.2, 0.25) is 0 Å². The Bertz CT molecular complexity index is 568. The third-order valence-electron chi connectivity index (χ3n) is 4.41. The zero-order valence-corrected chi connectivity index (χ0v) is 15.9. The Labute approximate surface area is 152 Å². The molecule has 0 fully saturated rings. The van der Waals surface area contributed by atoms with Crippen LogP contribution >= 0.6 is 12.4 Å². The van der Waals surface area contributed by atoms with E-state index < -0.39 is 0 Å². The van der Waals surface area contributed by atoms with Gasteiger partial charge in [0.1, 0.15) is 5.52 Å². The lowest BCUT2D eigenvalue weighted by Crippen LogP contribution is -2.00. The summed E-state index contributed by atoms with van der Waals surface area (Å²) in [7, 11) is 0. The number of oxazole rings is 1. The van der Waals surface area contributed by atoms with Gasteiger partial charge in [-0.25, -0.2) is 4.98 Å². The smallest absolute Gasteiger partial charge is 0.195 e. The molecular formula is C20H33ClN2O. The fourth-order valence-corrected chi connectivity index (χ4v) is 3.00. The number of halogens is 1. The molecule has 0 spiro atoms. The van der Waals surface area contributed by atoms with Crippen LogP contribution in [0.15, 0.2) is 22.6 Å². The Hall–Kier alpha value is -1.06. The Balaban J connectivity index is 0.00000288. The van der Waals surface area contributed by atoms with Gasteiger partial charge in [0.05, 0.1) is 0 Å². The van der Waals surface area contributed by atoms with E-state index in [-0.39, 0.29) is 12.4 Å². The van der Waals surface area contributed by atoms with Gasteiger partial charge in [0.2, 0.25) is 0 Å². The molecule has 0 aliphatic rings. The minimum absolute atomic E-state index is 0. The SMILES string of the molecule is CCCCCCCCCCc1ccc2nc(CCCN)oc2c1.Cl. The van der Waals surface area contributed by atoms with Gasteiger partial charge in [0.15, 0.2) is 11.5 Å². The topological polar surface area (TPSA) is 52.0 Å². The molecule has 0 saturated heterocycles. The van der Waals surface area contributed by atoms with Crippen molar-refractivity contribution in [2.75, 3.05) is 6.54 Å². The summed E-state index contributed by atoms with van der Waals surface area (Å²) in [5.41, 5.74) is 8.80. The quantitative estimate of drug-likeness (QED) is 0.489. The molecule has 1 aromatic carbocycles. The van der Waals surface area contributed by atoms with Gasteiger partial charge < -0.3 is 10.2 Å². The van der Waals surface area contributed by atoms with Crippen molar-refractivity contribution in [3.63, 3.8) is 0 Å². The molecule has 136 valence electrons. The highest BCUT2D eigenvalue weighted by Gasteiger charge is 2.06. The molecule has 0 saturated carbocycles. The van der Waals surface area contributed by atoms with Crippen molar-refractivity contribution in [1.29, 1.82) is 0 Å². The second kappa shape index (κ2) is 12.3. The minimum Gasteiger partial charge on any atom is -0.441 e. The lowest BCUT2D eigenvalue weighted by molar-refractivity contribution is 0.521. The number of rotatable bonds is 12. The van der Waals surface area contributed by atoms with Gasteiger partial charge in [-0.15, -0.1) is 12.4 Å². The van der Waals surface area contributed by atoms with Crippen molar-refractivity contribution in [2.24, 2.45) is 5.73 Å². The van der Waals surface area contributed by atoms with Crippen molar-refractivity contribution in [1.82, 2.24) is 4.98 Å². The van der Waals surface area contributed by atoms with Crippen molar-refractivity contribution < 1.29 is 4.42 Å². The summed E-state index contributed by atoms with van der Waals surface area (Å²) in [6.45, 7) is 2.95. The third-order valence-corrected chi connectivity index (χ3v) is 4.41. The summed E-state index contributed by atoms with van der Waals surface area (Å²) in [5.74, 6) is 0.815. The molecule has 0 aliphatic heterocycles. The van der Waals surface area contributed by atoms with E-state index >= 15 is 0 Å². The molecule has 0 amide bonds. The molecule has 2 rings (SSSR count). The number of fused-ring (bicyclic) bond motifs is 1.